The first-order valence-electron chi connectivity index (χ1n) is 8.02. The fraction of sp³-hybridized carbons (Fsp3) is 0.350. The van der Waals surface area contributed by atoms with Gasteiger partial charge in [0.2, 0.25) is 0 Å². The number of para-hydroxylation sites is 1. The second-order valence-electron chi connectivity index (χ2n) is 6.87. The molecule has 0 aliphatic rings. The molecule has 25 heavy (non-hydrogen) atoms. The van der Waals surface area contributed by atoms with Crippen molar-refractivity contribution < 1.29 is 19.7 Å². The van der Waals surface area contributed by atoms with E-state index in [1.807, 2.05) is 38.1 Å². The fourth-order valence-corrected chi connectivity index (χ4v) is 3.40. The molecule has 0 saturated heterocycles. The molecule has 0 amide bonds. The minimum Gasteiger partial charge on any atom is -0.496 e. The highest BCUT2D eigenvalue weighted by Crippen LogP contribution is 2.39. The van der Waals surface area contributed by atoms with Crippen LogP contribution in [0.15, 0.2) is 48.5 Å². The largest absolute Gasteiger partial charge is 0.496 e. The Morgan fingerprint density at radius 3 is 2.32 bits per heavy atom. The molecule has 0 aliphatic carbocycles. The van der Waals surface area contributed by atoms with Crippen molar-refractivity contribution in [3.63, 3.8) is 0 Å². The summed E-state index contributed by atoms with van der Waals surface area (Å²) in [4.78, 5) is 11.9. The van der Waals surface area contributed by atoms with Gasteiger partial charge in [0.1, 0.15) is 5.75 Å². The maximum atomic E-state index is 11.9. The van der Waals surface area contributed by atoms with Crippen molar-refractivity contribution in [2.75, 3.05) is 7.11 Å². The molecule has 4 nitrogen and oxygen atoms in total. The number of hydrogen-bond donors (Lipinski definition) is 2. The van der Waals surface area contributed by atoms with Gasteiger partial charge in [-0.15, -0.1) is 0 Å². The summed E-state index contributed by atoms with van der Waals surface area (Å²) in [6.45, 7) is 3.79. The van der Waals surface area contributed by atoms with Crippen LogP contribution in [-0.4, -0.2) is 28.9 Å². The average Bonchev–Trinajstić information content (AvgIpc) is 2.56. The monoisotopic (exact) mass is 362 g/mol. The number of aliphatic hydroxyl groups is 1. The third-order valence-electron chi connectivity index (χ3n) is 4.41. The van der Waals surface area contributed by atoms with Gasteiger partial charge in [0.25, 0.3) is 0 Å². The van der Waals surface area contributed by atoms with Gasteiger partial charge in [-0.1, -0.05) is 61.8 Å². The van der Waals surface area contributed by atoms with E-state index in [0.29, 0.717) is 16.3 Å². The molecule has 2 aromatic rings. The molecule has 0 fully saturated rings. The van der Waals surface area contributed by atoms with E-state index in [4.69, 9.17) is 16.3 Å². The molecule has 0 radical (unpaired) electrons. The highest BCUT2D eigenvalue weighted by molar-refractivity contribution is 6.31. The van der Waals surface area contributed by atoms with Gasteiger partial charge >= 0.3 is 5.97 Å². The molecular weight excluding hydrogens is 340 g/mol. The molecule has 2 aromatic carbocycles. The van der Waals surface area contributed by atoms with Gasteiger partial charge in [-0.3, -0.25) is 0 Å². The lowest BCUT2D eigenvalue weighted by Gasteiger charge is -2.35. The van der Waals surface area contributed by atoms with Gasteiger partial charge in [-0.05, 0) is 35.1 Å². The number of carboxylic acids is 1. The minimum absolute atomic E-state index is 0.0148. The second-order valence-corrected chi connectivity index (χ2v) is 7.27. The second kappa shape index (κ2) is 7.46. The summed E-state index contributed by atoms with van der Waals surface area (Å²) in [6.07, 6.45) is -0.0541. The van der Waals surface area contributed by atoms with Gasteiger partial charge in [0.15, 0.2) is 5.60 Å². The summed E-state index contributed by atoms with van der Waals surface area (Å²) in [5.74, 6) is -0.603. The van der Waals surface area contributed by atoms with Gasteiger partial charge in [-0.2, -0.15) is 0 Å². The lowest BCUT2D eigenvalue weighted by Crippen LogP contribution is -2.45. The molecule has 0 spiro atoms. The number of halogens is 1. The van der Waals surface area contributed by atoms with Crippen LogP contribution in [0.4, 0.5) is 0 Å². The molecule has 1 atom stereocenters. The zero-order valence-corrected chi connectivity index (χ0v) is 15.4. The van der Waals surface area contributed by atoms with Crippen molar-refractivity contribution in [1.82, 2.24) is 0 Å². The van der Waals surface area contributed by atoms with Crippen molar-refractivity contribution in [3.05, 3.63) is 64.7 Å². The van der Waals surface area contributed by atoms with E-state index in [1.165, 1.54) is 0 Å². The summed E-state index contributed by atoms with van der Waals surface area (Å²) < 4.78 is 5.39. The Morgan fingerprint density at radius 1 is 1.12 bits per heavy atom. The fourth-order valence-electron chi connectivity index (χ4n) is 3.20. The third-order valence-corrected chi connectivity index (χ3v) is 4.78. The number of ether oxygens (including phenoxy) is 1. The quantitative estimate of drug-likeness (QED) is 0.779. The molecule has 0 bridgehead atoms. The first-order chi connectivity index (χ1) is 11.7. The molecule has 134 valence electrons. The van der Waals surface area contributed by atoms with Crippen LogP contribution in [0, 0.1) is 0 Å². The van der Waals surface area contributed by atoms with E-state index < -0.39 is 17.0 Å². The first kappa shape index (κ1) is 19.3. The van der Waals surface area contributed by atoms with Crippen molar-refractivity contribution in [3.8, 4) is 5.75 Å². The van der Waals surface area contributed by atoms with Crippen LogP contribution in [0.2, 0.25) is 5.02 Å². The summed E-state index contributed by atoms with van der Waals surface area (Å²) in [5.41, 5.74) is -1.13. The Balaban J connectivity index is 2.37. The Hall–Kier alpha value is -2.04. The summed E-state index contributed by atoms with van der Waals surface area (Å²) in [6, 6.07) is 14.4. The van der Waals surface area contributed by atoms with E-state index in [1.54, 1.807) is 31.4 Å². The number of hydrogen-bond acceptors (Lipinski definition) is 3. The van der Waals surface area contributed by atoms with E-state index in [0.717, 1.165) is 5.56 Å². The lowest BCUT2D eigenvalue weighted by molar-refractivity contribution is -0.160. The first-order valence-corrected chi connectivity index (χ1v) is 8.40. The minimum atomic E-state index is -1.95. The smallest absolute Gasteiger partial charge is 0.336 e. The van der Waals surface area contributed by atoms with Crippen LogP contribution < -0.4 is 4.74 Å². The molecule has 0 aromatic heterocycles. The number of carbonyl (C=O) groups is 1. The third kappa shape index (κ3) is 4.33. The van der Waals surface area contributed by atoms with E-state index in [9.17, 15) is 15.0 Å². The standard InChI is InChI=1S/C20H23ClO4/c1-19(2,15-9-5-7-11-17(15)25-3)13-20(24,18(22)23)12-14-8-4-6-10-16(14)21/h4-11,24H,12-13H2,1-3H3,(H,22,23). The van der Waals surface area contributed by atoms with Crippen molar-refractivity contribution in [2.45, 2.75) is 37.7 Å². The Kier molecular flexibility index (Phi) is 5.76. The predicted octanol–water partition coefficient (Wildman–Crippen LogP) is 4.07. The van der Waals surface area contributed by atoms with Crippen molar-refractivity contribution in [2.24, 2.45) is 0 Å². The summed E-state index contributed by atoms with van der Waals surface area (Å²) in [5, 5.41) is 21.1. The van der Waals surface area contributed by atoms with Crippen LogP contribution in [0.1, 0.15) is 31.4 Å². The van der Waals surface area contributed by atoms with Crippen LogP contribution in [-0.2, 0) is 16.6 Å². The predicted molar refractivity (Wildman–Crippen MR) is 98.4 cm³/mol. The van der Waals surface area contributed by atoms with E-state index in [2.05, 4.69) is 0 Å². The van der Waals surface area contributed by atoms with Crippen molar-refractivity contribution >= 4 is 17.6 Å². The maximum Gasteiger partial charge on any atom is 0.336 e. The molecule has 1 unspecified atom stereocenters. The number of benzene rings is 2. The van der Waals surface area contributed by atoms with Crippen LogP contribution in [0.5, 0.6) is 5.75 Å². The molecular formula is C20H23ClO4. The SMILES string of the molecule is COc1ccccc1C(C)(C)CC(O)(Cc1ccccc1Cl)C(=O)O. The highest BCUT2D eigenvalue weighted by atomic mass is 35.5. The normalized spacial score (nSPS) is 14.0. The Bertz CT molecular complexity index is 757. The average molecular weight is 363 g/mol. The zero-order chi connectivity index (χ0) is 18.7. The summed E-state index contributed by atoms with van der Waals surface area (Å²) in [7, 11) is 1.57. The van der Waals surface area contributed by atoms with Crippen LogP contribution in [0.25, 0.3) is 0 Å². The number of rotatable bonds is 7. The Labute approximate surface area is 153 Å². The van der Waals surface area contributed by atoms with Gasteiger partial charge in [-0.25, -0.2) is 4.79 Å². The molecule has 2 N–H and O–H groups in total. The van der Waals surface area contributed by atoms with Crippen LogP contribution >= 0.6 is 11.6 Å². The lowest BCUT2D eigenvalue weighted by atomic mass is 9.73. The molecule has 0 aliphatic heterocycles. The maximum absolute atomic E-state index is 11.9. The van der Waals surface area contributed by atoms with Gasteiger partial charge in [0.05, 0.1) is 7.11 Å². The van der Waals surface area contributed by atoms with Crippen molar-refractivity contribution in [1.29, 1.82) is 0 Å². The number of aliphatic carboxylic acids is 1. The van der Waals surface area contributed by atoms with Gasteiger partial charge < -0.3 is 14.9 Å². The molecule has 2 rings (SSSR count). The zero-order valence-electron chi connectivity index (χ0n) is 14.6. The number of methoxy groups -OCH3 is 1. The van der Waals surface area contributed by atoms with Gasteiger partial charge in [0, 0.05) is 11.4 Å². The molecule has 5 heteroatoms. The van der Waals surface area contributed by atoms with Crippen LogP contribution in [0.3, 0.4) is 0 Å². The number of carboxylic acid groups (broad SMARTS) is 1. The highest BCUT2D eigenvalue weighted by Gasteiger charge is 2.43. The topological polar surface area (TPSA) is 66.8 Å². The Morgan fingerprint density at radius 2 is 1.72 bits per heavy atom. The molecule has 0 heterocycles. The molecule has 0 saturated carbocycles. The summed E-state index contributed by atoms with van der Waals surface area (Å²) >= 11 is 6.15. The van der Waals surface area contributed by atoms with E-state index >= 15 is 0 Å². The van der Waals surface area contributed by atoms with E-state index in [-0.39, 0.29) is 12.8 Å².